The number of azo groups is 1. The molecule has 0 heterocycles. The Hall–Kier alpha value is -10.7. The van der Waals surface area contributed by atoms with E-state index in [9.17, 15) is 51.7 Å². The van der Waals surface area contributed by atoms with Gasteiger partial charge in [0.15, 0.2) is 0 Å². The molecule has 6 rings (SSSR count). The first-order chi connectivity index (χ1) is 34.8. The average Bonchev–Trinajstić information content (AvgIpc) is 3.71. The number of carbonyl (C=O) groups excluding carboxylic acids is 2. The molecular formula is C58H38N10O4. The Morgan fingerprint density at radius 2 is 0.708 bits per heavy atom. The van der Waals surface area contributed by atoms with Gasteiger partial charge in [0.25, 0.3) is 0 Å². The van der Waals surface area contributed by atoms with Gasteiger partial charge >= 0.3 is 11.9 Å². The summed E-state index contributed by atoms with van der Waals surface area (Å²) in [5, 5.41) is 91.1. The summed E-state index contributed by atoms with van der Waals surface area (Å²) in [4.78, 5) is 26.4. The molecule has 344 valence electrons. The zero-order valence-electron chi connectivity index (χ0n) is 39.7. The highest BCUT2D eigenvalue weighted by Crippen LogP contribution is 2.47. The summed E-state index contributed by atoms with van der Waals surface area (Å²) in [5.74, 6) is -1.22. The molecular weight excluding hydrogens is 901 g/mol. The fourth-order valence-corrected chi connectivity index (χ4v) is 8.15. The van der Waals surface area contributed by atoms with Crippen LogP contribution in [0.1, 0.15) is 93.6 Å². The van der Waals surface area contributed by atoms with Crippen molar-refractivity contribution in [3.8, 4) is 70.8 Å². The first-order valence-electron chi connectivity index (χ1n) is 21.9. The third-order valence-corrected chi connectivity index (χ3v) is 11.7. The van der Waals surface area contributed by atoms with Gasteiger partial charge in [-0.15, -0.1) is 0 Å². The summed E-state index contributed by atoms with van der Waals surface area (Å²) in [6.45, 7) is 7.95. The second-order valence-electron chi connectivity index (χ2n) is 16.4. The van der Waals surface area contributed by atoms with E-state index in [1.807, 2.05) is 101 Å². The molecule has 4 aliphatic carbocycles. The van der Waals surface area contributed by atoms with E-state index in [1.54, 1.807) is 48.5 Å². The molecule has 0 N–H and O–H groups in total. The lowest BCUT2D eigenvalue weighted by Gasteiger charge is -2.15. The zero-order chi connectivity index (χ0) is 52.2. The van der Waals surface area contributed by atoms with Crippen molar-refractivity contribution in [1.82, 2.24) is 0 Å². The number of methoxy groups -OCH3 is 2. The molecule has 0 spiro atoms. The quantitative estimate of drug-likeness (QED) is 0.0479. The lowest BCUT2D eigenvalue weighted by atomic mass is 9.85. The molecule has 0 radical (unpaired) electrons. The van der Waals surface area contributed by atoms with Crippen molar-refractivity contribution in [3.63, 3.8) is 0 Å². The van der Waals surface area contributed by atoms with Crippen LogP contribution in [0.5, 0.6) is 0 Å². The molecule has 0 aliphatic heterocycles. The summed E-state index contributed by atoms with van der Waals surface area (Å²) in [6.07, 6.45) is 0. The van der Waals surface area contributed by atoms with Gasteiger partial charge in [0.2, 0.25) is 0 Å². The van der Waals surface area contributed by atoms with Gasteiger partial charge in [-0.05, 0) is 104 Å². The molecule has 0 atom stereocenters. The number of nitriles is 8. The maximum absolute atomic E-state index is 13.2. The molecule has 0 aromatic heterocycles. The minimum atomic E-state index is -0.672. The summed E-state index contributed by atoms with van der Waals surface area (Å²) in [7, 11) is 2.46. The van der Waals surface area contributed by atoms with Gasteiger partial charge in [-0.3, -0.25) is 0 Å². The summed E-state index contributed by atoms with van der Waals surface area (Å²) >= 11 is 0. The van der Waals surface area contributed by atoms with Gasteiger partial charge in [0, 0.05) is 22.3 Å². The Balaban J connectivity index is 1.44. The smallest absolute Gasteiger partial charge is 0.338 e. The normalized spacial score (nSPS) is 10.3. The molecule has 72 heavy (non-hydrogen) atoms. The number of allylic oxidation sites excluding steroid dienone is 8. The van der Waals surface area contributed by atoms with E-state index in [1.165, 1.54) is 50.6 Å². The molecule has 0 saturated carbocycles. The van der Waals surface area contributed by atoms with E-state index >= 15 is 0 Å². The first-order valence-corrected chi connectivity index (χ1v) is 21.9. The van der Waals surface area contributed by atoms with Gasteiger partial charge < -0.3 is 9.47 Å². The topological polar surface area (TPSA) is 268 Å². The van der Waals surface area contributed by atoms with Crippen molar-refractivity contribution < 1.29 is 19.1 Å². The Morgan fingerprint density at radius 3 is 0.986 bits per heavy atom. The van der Waals surface area contributed by atoms with Crippen LogP contribution in [0.15, 0.2) is 142 Å². The number of hydrogen-bond acceptors (Lipinski definition) is 14. The van der Waals surface area contributed by atoms with Crippen LogP contribution >= 0.6 is 0 Å². The minimum absolute atomic E-state index is 0.0381. The Morgan fingerprint density at radius 1 is 0.403 bits per heavy atom. The van der Waals surface area contributed by atoms with Crippen LogP contribution in [0, 0.1) is 90.6 Å². The third-order valence-electron chi connectivity index (χ3n) is 11.7. The van der Waals surface area contributed by atoms with E-state index in [-0.39, 0.29) is 67.5 Å². The Bertz CT molecular complexity index is 3360. The molecule has 4 aliphatic rings. The number of rotatable bonds is 12. The number of benzene rings is 2. The maximum Gasteiger partial charge on any atom is 0.338 e. The van der Waals surface area contributed by atoms with Gasteiger partial charge in [-0.2, -0.15) is 52.3 Å². The van der Waals surface area contributed by atoms with E-state index in [0.717, 1.165) is 11.1 Å². The van der Waals surface area contributed by atoms with Crippen molar-refractivity contribution in [3.05, 3.63) is 176 Å². The van der Waals surface area contributed by atoms with Crippen molar-refractivity contribution in [2.75, 3.05) is 14.2 Å². The third kappa shape index (κ3) is 9.94. The predicted molar refractivity (Wildman–Crippen MR) is 267 cm³/mol. The first kappa shape index (κ1) is 50.7. The number of hydrogen-bond donors (Lipinski definition) is 0. The summed E-state index contributed by atoms with van der Waals surface area (Å²) in [5.41, 5.74) is 3.76. The molecule has 0 saturated heterocycles. The highest BCUT2D eigenvalue weighted by Gasteiger charge is 2.31. The highest BCUT2D eigenvalue weighted by atomic mass is 16.5. The van der Waals surface area contributed by atoms with Crippen molar-refractivity contribution in [2.24, 2.45) is 10.2 Å². The van der Waals surface area contributed by atoms with Crippen LogP contribution in [0.4, 0.5) is 11.4 Å². The van der Waals surface area contributed by atoms with Crippen molar-refractivity contribution in [2.45, 2.75) is 39.5 Å². The molecule has 14 heteroatoms. The van der Waals surface area contributed by atoms with Crippen LogP contribution in [0.3, 0.4) is 0 Å². The second-order valence-corrected chi connectivity index (χ2v) is 16.4. The highest BCUT2D eigenvalue weighted by molar-refractivity contribution is 6.17. The summed E-state index contributed by atoms with van der Waals surface area (Å²) in [6, 6.07) is 45.0. The SMILES string of the molecule is COC(=O)c1cc(C(=C(C#N)C#N)C(=C(C#N)C#N)c2ccc(N=Nc3ccc(C(=C(C#N)C#N)C(=C(C#N)C#N)c4cc(C(=O)OC)c5cc(C(C)C)cccc4-5)cc3)cc2)c2cccc(C(C)C)cc1-2. The maximum atomic E-state index is 13.2. The van der Waals surface area contributed by atoms with Gasteiger partial charge in [0.05, 0.1) is 36.7 Å². The van der Waals surface area contributed by atoms with Gasteiger partial charge in [-0.1, -0.05) is 100 Å². The van der Waals surface area contributed by atoms with Crippen LogP contribution in [-0.4, -0.2) is 26.2 Å². The lowest BCUT2D eigenvalue weighted by Crippen LogP contribution is -2.00. The van der Waals surface area contributed by atoms with Gasteiger partial charge in [0.1, 0.15) is 70.8 Å². The number of ether oxygens (including phenoxy) is 2. The molecule has 2 aromatic rings. The molecule has 0 fully saturated rings. The minimum Gasteiger partial charge on any atom is -0.465 e. The number of nitrogens with zero attached hydrogens (tertiary/aromatic N) is 10. The number of carbonyl (C=O) groups is 2. The molecule has 0 amide bonds. The number of esters is 2. The van der Waals surface area contributed by atoms with Crippen LogP contribution in [0.25, 0.3) is 44.5 Å². The average molecular weight is 939 g/mol. The molecule has 2 aromatic carbocycles. The van der Waals surface area contributed by atoms with E-state index in [0.29, 0.717) is 33.6 Å². The fraction of sp³-hybridized carbons (Fsp3) is 0.138. The Labute approximate surface area is 416 Å². The fourth-order valence-electron chi connectivity index (χ4n) is 8.15. The predicted octanol–water partition coefficient (Wildman–Crippen LogP) is 12.7. The van der Waals surface area contributed by atoms with E-state index < -0.39 is 34.2 Å². The summed E-state index contributed by atoms with van der Waals surface area (Å²) < 4.78 is 10.2. The van der Waals surface area contributed by atoms with Gasteiger partial charge in [-0.25, -0.2) is 9.59 Å². The monoisotopic (exact) mass is 938 g/mol. The molecule has 14 nitrogen and oxygen atoms in total. The zero-order valence-corrected chi connectivity index (χ0v) is 39.7. The number of fused-ring (bicyclic) bond motifs is 2. The van der Waals surface area contributed by atoms with Crippen molar-refractivity contribution in [1.29, 1.82) is 42.1 Å². The Kier molecular flexibility index (Phi) is 15.7. The van der Waals surface area contributed by atoms with E-state index in [2.05, 4.69) is 10.2 Å². The standard InChI is InChI=1S/C58H38N10O4/c1-33(2)37-9-7-11-45-47(21-37)51(57(69)71-5)23-49(45)55(41(29-63)30-64)53(39(25-59)26-60)35-13-17-43(18-14-35)67-68-44-19-15-36(16-20-44)54(40(27-61)28-62)56(42(31-65)32-66)50-24-52(58(70)72-6)48-22-38(34(3)4)10-8-12-46(48)50/h7-24,33-34H,1-6H3. The second kappa shape index (κ2) is 22.4. The van der Waals surface area contributed by atoms with E-state index in [4.69, 9.17) is 9.47 Å². The van der Waals surface area contributed by atoms with Crippen molar-refractivity contribution >= 4 is 45.6 Å². The molecule has 0 unspecified atom stereocenters. The van der Waals surface area contributed by atoms with Crippen LogP contribution < -0.4 is 0 Å². The lowest BCUT2D eigenvalue weighted by molar-refractivity contribution is 0.0593. The van der Waals surface area contributed by atoms with Crippen LogP contribution in [-0.2, 0) is 9.47 Å². The molecule has 0 bridgehead atoms. The largest absolute Gasteiger partial charge is 0.465 e. The van der Waals surface area contributed by atoms with Crippen LogP contribution in [0.2, 0.25) is 0 Å².